The fraction of sp³-hybridized carbons (Fsp3) is 0.267. The molecule has 2 rings (SSSR count). The number of hydrogen-bond acceptors (Lipinski definition) is 5. The van der Waals surface area contributed by atoms with Crippen LogP contribution in [0.4, 0.5) is 11.4 Å². The Bertz CT molecular complexity index is 731. The van der Waals surface area contributed by atoms with E-state index in [9.17, 15) is 10.1 Å². The third-order valence-corrected chi connectivity index (χ3v) is 4.24. The topological polar surface area (TPSA) is 79.0 Å². The fourth-order valence-corrected chi connectivity index (χ4v) is 3.36. The molecular formula is C15H15N3O2S. The highest BCUT2D eigenvalue weighted by atomic mass is 32.1. The molecule has 1 atom stereocenters. The maximum atomic E-state index is 11.2. The van der Waals surface area contributed by atoms with Crippen LogP contribution in [-0.2, 0) is 0 Å². The van der Waals surface area contributed by atoms with Crippen molar-refractivity contribution in [1.29, 1.82) is 5.26 Å². The van der Waals surface area contributed by atoms with Crippen molar-refractivity contribution in [3.05, 3.63) is 55.3 Å². The minimum atomic E-state index is -0.515. The van der Waals surface area contributed by atoms with Gasteiger partial charge in [-0.15, -0.1) is 11.3 Å². The van der Waals surface area contributed by atoms with Crippen LogP contribution in [0.5, 0.6) is 0 Å². The summed E-state index contributed by atoms with van der Waals surface area (Å²) in [4.78, 5) is 13.1. The number of nitriles is 1. The first-order chi connectivity index (χ1) is 9.93. The molecule has 0 amide bonds. The van der Waals surface area contributed by atoms with Gasteiger partial charge in [0.25, 0.3) is 0 Å². The van der Waals surface area contributed by atoms with E-state index in [4.69, 9.17) is 5.26 Å². The molecule has 1 heterocycles. The lowest BCUT2D eigenvalue weighted by Gasteiger charge is -2.15. The van der Waals surface area contributed by atoms with Crippen molar-refractivity contribution in [3.63, 3.8) is 0 Å². The van der Waals surface area contributed by atoms with Gasteiger partial charge in [0.05, 0.1) is 4.92 Å². The van der Waals surface area contributed by atoms with Crippen LogP contribution >= 0.6 is 11.3 Å². The number of benzene rings is 1. The summed E-state index contributed by atoms with van der Waals surface area (Å²) in [5.41, 5.74) is 1.39. The zero-order valence-electron chi connectivity index (χ0n) is 12.0. The van der Waals surface area contributed by atoms with Crippen LogP contribution in [0.2, 0.25) is 0 Å². The molecular weight excluding hydrogens is 286 g/mol. The maximum Gasteiger partial charge on any atom is 0.309 e. The Balaban J connectivity index is 2.38. The van der Waals surface area contributed by atoms with E-state index in [1.165, 1.54) is 15.8 Å². The number of anilines is 1. The number of rotatable bonds is 4. The number of nitro groups is 1. The smallest absolute Gasteiger partial charge is 0.309 e. The summed E-state index contributed by atoms with van der Waals surface area (Å²) < 4.78 is 0. The van der Waals surface area contributed by atoms with E-state index < -0.39 is 4.92 Å². The van der Waals surface area contributed by atoms with E-state index in [-0.39, 0.29) is 17.3 Å². The number of aryl methyl sites for hydroxylation is 2. The summed E-state index contributed by atoms with van der Waals surface area (Å²) in [7, 11) is 0. The molecule has 0 aliphatic heterocycles. The summed E-state index contributed by atoms with van der Waals surface area (Å²) in [6.07, 6.45) is 0. The second-order valence-electron chi connectivity index (χ2n) is 4.81. The number of thiophene rings is 1. The first-order valence-corrected chi connectivity index (χ1v) is 7.26. The van der Waals surface area contributed by atoms with E-state index in [2.05, 4.69) is 11.4 Å². The SMILES string of the molecule is Cc1cc(C(C)Nc2cccc(C#N)c2[N+](=O)[O-])c(C)s1. The Morgan fingerprint density at radius 1 is 1.43 bits per heavy atom. The predicted molar refractivity (Wildman–Crippen MR) is 83.6 cm³/mol. The van der Waals surface area contributed by atoms with Gasteiger partial charge in [-0.25, -0.2) is 0 Å². The highest BCUT2D eigenvalue weighted by Crippen LogP contribution is 2.33. The number of para-hydroxylation sites is 1. The molecule has 21 heavy (non-hydrogen) atoms. The number of hydrogen-bond donors (Lipinski definition) is 1. The minimum absolute atomic E-state index is 0.0652. The quantitative estimate of drug-likeness (QED) is 0.673. The van der Waals surface area contributed by atoms with Crippen LogP contribution in [0.25, 0.3) is 0 Å². The Labute approximate surface area is 127 Å². The first-order valence-electron chi connectivity index (χ1n) is 6.45. The molecule has 0 aliphatic carbocycles. The number of nitrogens with zero attached hydrogens (tertiary/aromatic N) is 2. The fourth-order valence-electron chi connectivity index (χ4n) is 2.34. The molecule has 5 nitrogen and oxygen atoms in total. The largest absolute Gasteiger partial charge is 0.373 e. The standard InChI is InChI=1S/C15H15N3O2S/c1-9-7-13(11(3)21-9)10(2)17-14-6-4-5-12(8-16)15(14)18(19)20/h4-7,10,17H,1-3H3. The van der Waals surface area contributed by atoms with Crippen LogP contribution in [-0.4, -0.2) is 4.92 Å². The second kappa shape index (κ2) is 5.94. The third-order valence-electron chi connectivity index (χ3n) is 3.26. The highest BCUT2D eigenvalue weighted by molar-refractivity contribution is 7.12. The molecule has 0 bridgehead atoms. The van der Waals surface area contributed by atoms with Crippen LogP contribution in [0.1, 0.15) is 33.8 Å². The van der Waals surface area contributed by atoms with Gasteiger partial charge in [0.2, 0.25) is 0 Å². The molecule has 0 fully saturated rings. The average molecular weight is 301 g/mol. The lowest BCUT2D eigenvalue weighted by Crippen LogP contribution is -2.09. The van der Waals surface area contributed by atoms with Gasteiger partial charge in [-0.05, 0) is 44.5 Å². The van der Waals surface area contributed by atoms with Gasteiger partial charge >= 0.3 is 5.69 Å². The molecule has 0 saturated carbocycles. The van der Waals surface area contributed by atoms with Gasteiger partial charge in [-0.2, -0.15) is 5.26 Å². The molecule has 6 heteroatoms. The molecule has 0 aliphatic rings. The summed E-state index contributed by atoms with van der Waals surface area (Å²) in [5, 5.41) is 23.4. The van der Waals surface area contributed by atoms with Crippen LogP contribution < -0.4 is 5.32 Å². The maximum absolute atomic E-state index is 11.2. The lowest BCUT2D eigenvalue weighted by molar-refractivity contribution is -0.384. The van der Waals surface area contributed by atoms with Crippen molar-refractivity contribution in [2.24, 2.45) is 0 Å². The van der Waals surface area contributed by atoms with Crippen molar-refractivity contribution in [2.75, 3.05) is 5.32 Å². The van der Waals surface area contributed by atoms with E-state index in [1.807, 2.05) is 26.8 Å². The van der Waals surface area contributed by atoms with E-state index in [0.29, 0.717) is 5.69 Å². The van der Waals surface area contributed by atoms with Crippen molar-refractivity contribution in [2.45, 2.75) is 26.8 Å². The highest BCUT2D eigenvalue weighted by Gasteiger charge is 2.21. The van der Waals surface area contributed by atoms with Gasteiger partial charge in [0.1, 0.15) is 17.3 Å². The van der Waals surface area contributed by atoms with E-state index in [1.54, 1.807) is 23.5 Å². The van der Waals surface area contributed by atoms with Crippen molar-refractivity contribution in [3.8, 4) is 6.07 Å². The Hall–Kier alpha value is -2.39. The molecule has 1 aromatic heterocycles. The number of nitrogens with one attached hydrogen (secondary N) is 1. The molecule has 1 N–H and O–H groups in total. The summed E-state index contributed by atoms with van der Waals surface area (Å²) in [6.45, 7) is 6.02. The van der Waals surface area contributed by atoms with Gasteiger partial charge in [-0.1, -0.05) is 6.07 Å². The van der Waals surface area contributed by atoms with E-state index in [0.717, 1.165) is 5.56 Å². The van der Waals surface area contributed by atoms with Crippen molar-refractivity contribution >= 4 is 22.7 Å². The van der Waals surface area contributed by atoms with Gasteiger partial charge in [0, 0.05) is 15.8 Å². The van der Waals surface area contributed by atoms with Gasteiger partial charge < -0.3 is 5.32 Å². The lowest BCUT2D eigenvalue weighted by atomic mass is 10.1. The second-order valence-corrected chi connectivity index (χ2v) is 6.27. The van der Waals surface area contributed by atoms with Gasteiger partial charge in [-0.3, -0.25) is 10.1 Å². The monoisotopic (exact) mass is 301 g/mol. The molecule has 1 aromatic carbocycles. The zero-order valence-corrected chi connectivity index (χ0v) is 12.8. The Morgan fingerprint density at radius 3 is 2.67 bits per heavy atom. The zero-order chi connectivity index (χ0) is 15.6. The molecule has 2 aromatic rings. The predicted octanol–water partition coefficient (Wildman–Crippen LogP) is 4.32. The van der Waals surface area contributed by atoms with Gasteiger partial charge in [0.15, 0.2) is 0 Å². The summed E-state index contributed by atoms with van der Waals surface area (Å²) in [6, 6.07) is 8.61. The molecule has 0 radical (unpaired) electrons. The average Bonchev–Trinajstić information content (AvgIpc) is 2.77. The number of nitro benzene ring substituents is 1. The van der Waals surface area contributed by atoms with Crippen molar-refractivity contribution < 1.29 is 4.92 Å². The van der Waals surface area contributed by atoms with Crippen molar-refractivity contribution in [1.82, 2.24) is 0 Å². The van der Waals surface area contributed by atoms with Crippen LogP contribution in [0, 0.1) is 35.3 Å². The molecule has 0 spiro atoms. The summed E-state index contributed by atoms with van der Waals surface area (Å²) >= 11 is 1.70. The molecule has 0 saturated heterocycles. The molecule has 108 valence electrons. The Kier molecular flexibility index (Phi) is 4.24. The minimum Gasteiger partial charge on any atom is -0.373 e. The third kappa shape index (κ3) is 3.03. The normalized spacial score (nSPS) is 11.7. The Morgan fingerprint density at radius 2 is 2.14 bits per heavy atom. The van der Waals surface area contributed by atoms with Crippen LogP contribution in [0.3, 0.4) is 0 Å². The van der Waals surface area contributed by atoms with Crippen LogP contribution in [0.15, 0.2) is 24.3 Å². The summed E-state index contributed by atoms with van der Waals surface area (Å²) in [5.74, 6) is 0. The van der Waals surface area contributed by atoms with E-state index >= 15 is 0 Å². The first kappa shape index (κ1) is 15.0. The molecule has 1 unspecified atom stereocenters.